The highest BCUT2D eigenvalue weighted by atomic mass is 32.2. The molecule has 0 aliphatic carbocycles. The number of carboxylic acids is 1. The van der Waals surface area contributed by atoms with Gasteiger partial charge in [0.1, 0.15) is 24.2 Å². The molecule has 1 amide bonds. The second-order valence-electron chi connectivity index (χ2n) is 10.1. The molecule has 0 bridgehead atoms. The molecule has 0 saturated carbocycles. The topological polar surface area (TPSA) is 113 Å². The van der Waals surface area contributed by atoms with Gasteiger partial charge >= 0.3 is 5.97 Å². The number of halogens is 1. The minimum absolute atomic E-state index is 0.0316. The standard InChI is InChI=1S/C32H29FN2O6S/c1-20-18-25(33)10-13-27(20)22-7-11-26(12-8-22)42(39,40)35-28-6-4-3-5-23(28)19-29(35)31(36)34-15-16-41-30-14-9-24(32(37)38)17-21(30)2/h3-14,17-18,29H,15-16,19H2,1-2H3,(H,34,36)(H,37,38)/t29-/m0/s1. The van der Waals surface area contributed by atoms with Gasteiger partial charge in [0.05, 0.1) is 22.7 Å². The lowest BCUT2D eigenvalue weighted by molar-refractivity contribution is -0.122. The molecule has 216 valence electrons. The maximum Gasteiger partial charge on any atom is 0.335 e. The van der Waals surface area contributed by atoms with E-state index in [4.69, 9.17) is 9.84 Å². The zero-order valence-corrected chi connectivity index (χ0v) is 23.8. The minimum atomic E-state index is -4.12. The quantitative estimate of drug-likeness (QED) is 0.263. The molecule has 4 aromatic rings. The van der Waals surface area contributed by atoms with Gasteiger partial charge in [0.25, 0.3) is 10.0 Å². The lowest BCUT2D eigenvalue weighted by Crippen LogP contribution is -2.48. The van der Waals surface area contributed by atoms with Gasteiger partial charge in [-0.25, -0.2) is 17.6 Å². The Kier molecular flexibility index (Phi) is 8.00. The van der Waals surface area contributed by atoms with Gasteiger partial charge in [0, 0.05) is 6.42 Å². The van der Waals surface area contributed by atoms with Crippen LogP contribution >= 0.6 is 0 Å². The lowest BCUT2D eigenvalue weighted by atomic mass is 10.0. The van der Waals surface area contributed by atoms with Crippen molar-refractivity contribution >= 4 is 27.6 Å². The third-order valence-corrected chi connectivity index (χ3v) is 9.06. The number of rotatable bonds is 9. The zero-order valence-electron chi connectivity index (χ0n) is 23.0. The molecule has 5 rings (SSSR count). The number of carbonyl (C=O) groups is 2. The monoisotopic (exact) mass is 588 g/mol. The molecule has 4 aromatic carbocycles. The van der Waals surface area contributed by atoms with Crippen LogP contribution in [0.1, 0.15) is 27.0 Å². The number of ether oxygens (including phenoxy) is 1. The van der Waals surface area contributed by atoms with Crippen LogP contribution in [0.15, 0.2) is 89.8 Å². The van der Waals surface area contributed by atoms with Crippen molar-refractivity contribution in [3.8, 4) is 16.9 Å². The van der Waals surface area contributed by atoms with E-state index >= 15 is 0 Å². The van der Waals surface area contributed by atoms with Crippen molar-refractivity contribution in [2.45, 2.75) is 31.2 Å². The van der Waals surface area contributed by atoms with Gasteiger partial charge in [-0.3, -0.25) is 9.10 Å². The first-order valence-electron chi connectivity index (χ1n) is 13.3. The summed E-state index contributed by atoms with van der Waals surface area (Å²) in [5, 5.41) is 11.9. The average molecular weight is 589 g/mol. The molecule has 0 saturated heterocycles. The smallest absolute Gasteiger partial charge is 0.335 e. The van der Waals surface area contributed by atoms with Crippen LogP contribution in [-0.2, 0) is 21.2 Å². The van der Waals surface area contributed by atoms with Gasteiger partial charge in [-0.1, -0.05) is 36.4 Å². The van der Waals surface area contributed by atoms with Crippen molar-refractivity contribution in [2.24, 2.45) is 0 Å². The highest BCUT2D eigenvalue weighted by Crippen LogP contribution is 2.37. The maximum absolute atomic E-state index is 13.9. The van der Waals surface area contributed by atoms with Gasteiger partial charge in [-0.05, 0) is 90.2 Å². The van der Waals surface area contributed by atoms with E-state index in [1.165, 1.54) is 40.7 Å². The molecule has 0 aromatic heterocycles. The van der Waals surface area contributed by atoms with E-state index in [1.54, 1.807) is 62.4 Å². The second-order valence-corrected chi connectivity index (χ2v) is 11.9. The number of amides is 1. The number of aromatic carboxylic acids is 1. The number of nitrogens with one attached hydrogen (secondary N) is 1. The fourth-order valence-electron chi connectivity index (χ4n) is 5.12. The number of aryl methyl sites for hydroxylation is 2. The number of sulfonamides is 1. The number of anilines is 1. The predicted molar refractivity (Wildman–Crippen MR) is 157 cm³/mol. The zero-order chi connectivity index (χ0) is 30.0. The van der Waals surface area contributed by atoms with Crippen LogP contribution in [-0.4, -0.2) is 44.6 Å². The van der Waals surface area contributed by atoms with Crippen LogP contribution in [0, 0.1) is 19.7 Å². The van der Waals surface area contributed by atoms with Crippen molar-refractivity contribution in [1.82, 2.24) is 5.32 Å². The Morgan fingerprint density at radius 3 is 2.40 bits per heavy atom. The Bertz CT molecular complexity index is 1770. The first-order valence-corrected chi connectivity index (χ1v) is 14.7. The summed E-state index contributed by atoms with van der Waals surface area (Å²) in [5.41, 5.74) is 4.24. The lowest BCUT2D eigenvalue weighted by Gasteiger charge is -2.26. The van der Waals surface area contributed by atoms with Crippen molar-refractivity contribution in [3.63, 3.8) is 0 Å². The van der Waals surface area contributed by atoms with E-state index in [1.807, 2.05) is 0 Å². The Morgan fingerprint density at radius 2 is 1.71 bits per heavy atom. The first-order chi connectivity index (χ1) is 20.1. The Hall–Kier alpha value is -4.70. The second kappa shape index (κ2) is 11.7. The van der Waals surface area contributed by atoms with Crippen molar-refractivity contribution in [2.75, 3.05) is 17.5 Å². The van der Waals surface area contributed by atoms with Gasteiger partial charge in [-0.2, -0.15) is 0 Å². The normalized spacial score (nSPS) is 14.4. The summed E-state index contributed by atoms with van der Waals surface area (Å²) >= 11 is 0. The van der Waals surface area contributed by atoms with Crippen LogP contribution in [0.3, 0.4) is 0 Å². The van der Waals surface area contributed by atoms with E-state index in [0.29, 0.717) is 17.0 Å². The fourth-order valence-corrected chi connectivity index (χ4v) is 6.77. The van der Waals surface area contributed by atoms with Crippen LogP contribution in [0.25, 0.3) is 11.1 Å². The summed E-state index contributed by atoms with van der Waals surface area (Å²) in [7, 11) is -4.12. The van der Waals surface area contributed by atoms with Crippen molar-refractivity contribution < 1.29 is 32.2 Å². The highest BCUT2D eigenvalue weighted by Gasteiger charge is 2.42. The molecule has 2 N–H and O–H groups in total. The van der Waals surface area contributed by atoms with Gasteiger partial charge < -0.3 is 15.2 Å². The van der Waals surface area contributed by atoms with Crippen LogP contribution in [0.5, 0.6) is 5.75 Å². The van der Waals surface area contributed by atoms with Crippen LogP contribution in [0.2, 0.25) is 0 Å². The molecule has 0 radical (unpaired) electrons. The van der Waals surface area contributed by atoms with Crippen molar-refractivity contribution in [3.05, 3.63) is 113 Å². The predicted octanol–water partition coefficient (Wildman–Crippen LogP) is 5.12. The number of hydrogen-bond donors (Lipinski definition) is 2. The van der Waals surface area contributed by atoms with Crippen molar-refractivity contribution in [1.29, 1.82) is 0 Å². The summed E-state index contributed by atoms with van der Waals surface area (Å²) in [4.78, 5) is 24.5. The molecule has 1 aliphatic heterocycles. The third kappa shape index (κ3) is 5.71. The molecular formula is C32H29FN2O6S. The third-order valence-electron chi connectivity index (χ3n) is 7.22. The number of para-hydroxylation sites is 1. The number of carboxylic acid groups (broad SMARTS) is 1. The SMILES string of the molecule is Cc1cc(C(=O)O)ccc1OCCNC(=O)[C@@H]1Cc2ccccc2N1S(=O)(=O)c1ccc(-c2ccc(F)cc2C)cc1. The molecular weight excluding hydrogens is 559 g/mol. The molecule has 0 spiro atoms. The van der Waals surface area contributed by atoms with E-state index in [2.05, 4.69) is 5.32 Å². The number of hydrogen-bond acceptors (Lipinski definition) is 5. The number of nitrogens with zero attached hydrogens (tertiary/aromatic N) is 1. The van der Waals surface area contributed by atoms with E-state index in [-0.39, 0.29) is 35.8 Å². The molecule has 1 atom stereocenters. The number of carbonyl (C=O) groups excluding carboxylic acids is 1. The fraction of sp³-hybridized carbons (Fsp3) is 0.188. The molecule has 8 nitrogen and oxygen atoms in total. The first kappa shape index (κ1) is 28.8. The maximum atomic E-state index is 13.9. The summed E-state index contributed by atoms with van der Waals surface area (Å²) in [6, 6.07) is 21.3. The number of fused-ring (bicyclic) bond motifs is 1. The number of benzene rings is 4. The van der Waals surface area contributed by atoms with Crippen LogP contribution in [0.4, 0.5) is 10.1 Å². The Morgan fingerprint density at radius 1 is 0.976 bits per heavy atom. The molecule has 0 unspecified atom stereocenters. The van der Waals surface area contributed by atoms with E-state index in [0.717, 1.165) is 22.3 Å². The Labute approximate surface area is 243 Å². The summed E-state index contributed by atoms with van der Waals surface area (Å²) in [6.07, 6.45) is 0.213. The summed E-state index contributed by atoms with van der Waals surface area (Å²) < 4.78 is 48.3. The van der Waals surface area contributed by atoms with Gasteiger partial charge in [0.2, 0.25) is 5.91 Å². The van der Waals surface area contributed by atoms with Crippen LogP contribution < -0.4 is 14.4 Å². The molecule has 10 heteroatoms. The molecule has 0 fully saturated rings. The van der Waals surface area contributed by atoms with Gasteiger partial charge in [0.15, 0.2) is 0 Å². The van der Waals surface area contributed by atoms with E-state index in [9.17, 15) is 22.4 Å². The Balaban J connectivity index is 1.32. The minimum Gasteiger partial charge on any atom is -0.491 e. The summed E-state index contributed by atoms with van der Waals surface area (Å²) in [5.74, 6) is -1.35. The van der Waals surface area contributed by atoms with Gasteiger partial charge in [-0.15, -0.1) is 0 Å². The molecule has 1 heterocycles. The largest absolute Gasteiger partial charge is 0.491 e. The molecule has 42 heavy (non-hydrogen) atoms. The molecule has 1 aliphatic rings. The van der Waals surface area contributed by atoms with E-state index < -0.39 is 27.9 Å². The summed E-state index contributed by atoms with van der Waals surface area (Å²) in [6.45, 7) is 3.74. The average Bonchev–Trinajstić information content (AvgIpc) is 3.37. The highest BCUT2D eigenvalue weighted by molar-refractivity contribution is 7.93.